The summed E-state index contributed by atoms with van der Waals surface area (Å²) in [4.78, 5) is 0. The molecule has 18 heavy (non-hydrogen) atoms. The highest BCUT2D eigenvalue weighted by atomic mass is 35.5. The molecule has 1 nitrogen and oxygen atoms in total. The van der Waals surface area contributed by atoms with Crippen LogP contribution in [0.25, 0.3) is 0 Å². The highest BCUT2D eigenvalue weighted by Crippen LogP contribution is 2.34. The van der Waals surface area contributed by atoms with Crippen molar-refractivity contribution >= 4 is 64.8 Å². The molecule has 0 bridgehead atoms. The molecule has 0 aromatic heterocycles. The van der Waals surface area contributed by atoms with Gasteiger partial charge in [0.15, 0.2) is 0 Å². The summed E-state index contributed by atoms with van der Waals surface area (Å²) in [6, 6.07) is 9.88. The average molecular weight is 339 g/mol. The maximum atomic E-state index is 12.5. The maximum Gasteiger partial charge on any atom is 0.421 e. The normalized spacial score (nSPS) is 10.4. The van der Waals surface area contributed by atoms with E-state index in [0.29, 0.717) is 30.7 Å². The molecular weight excluding hydrogens is 333 g/mol. The first-order valence-corrected chi connectivity index (χ1v) is 7.65. The van der Waals surface area contributed by atoms with Crippen LogP contribution >= 0.6 is 54.2 Å². The molecule has 0 atom stereocenters. The van der Waals surface area contributed by atoms with Gasteiger partial charge >= 0.3 is 7.80 Å². The largest absolute Gasteiger partial charge is 0.421 e. The zero-order valence-electron chi connectivity index (χ0n) is 8.83. The predicted molar refractivity (Wildman–Crippen MR) is 79.8 cm³/mol. The second kappa shape index (κ2) is 5.77. The van der Waals surface area contributed by atoms with E-state index >= 15 is 0 Å². The van der Waals surface area contributed by atoms with Crippen molar-refractivity contribution in [1.29, 1.82) is 0 Å². The van der Waals surface area contributed by atoms with Crippen molar-refractivity contribution in [2.45, 2.75) is 0 Å². The van der Waals surface area contributed by atoms with Gasteiger partial charge in [0.05, 0.1) is 20.1 Å². The van der Waals surface area contributed by atoms with Gasteiger partial charge in [-0.25, -0.2) is 0 Å². The number of hydrogen-bond acceptors (Lipinski definition) is 1. The predicted octanol–water partition coefficient (Wildman–Crippen LogP) is 5.08. The van der Waals surface area contributed by atoms with Crippen molar-refractivity contribution in [3.05, 3.63) is 56.5 Å². The maximum absolute atomic E-state index is 12.5. The topological polar surface area (TPSA) is 17.1 Å². The molecule has 0 unspecified atom stereocenters. The Morgan fingerprint density at radius 2 is 0.944 bits per heavy atom. The monoisotopic (exact) mass is 337 g/mol. The summed E-state index contributed by atoms with van der Waals surface area (Å²) >= 11 is 24.1. The SMILES string of the molecule is O=[P+](c1c(Cl)cccc1Cl)c1c(Cl)cccc1Cl. The molecule has 2 aromatic rings. The number of halogens is 4. The van der Waals surface area contributed by atoms with Crippen LogP contribution in [0.4, 0.5) is 0 Å². The van der Waals surface area contributed by atoms with E-state index in [9.17, 15) is 4.57 Å². The summed E-state index contributed by atoms with van der Waals surface area (Å²) < 4.78 is 12.5. The minimum absolute atomic E-state index is 0.333. The molecule has 0 spiro atoms. The van der Waals surface area contributed by atoms with Gasteiger partial charge in [0.2, 0.25) is 10.6 Å². The van der Waals surface area contributed by atoms with E-state index in [1.807, 2.05) is 0 Å². The van der Waals surface area contributed by atoms with Gasteiger partial charge < -0.3 is 0 Å². The fraction of sp³-hybridized carbons (Fsp3) is 0. The lowest BCUT2D eigenvalue weighted by Crippen LogP contribution is -2.11. The first kappa shape index (κ1) is 14.1. The molecule has 0 N–H and O–H groups in total. The minimum atomic E-state index is -2.03. The Morgan fingerprint density at radius 1 is 0.667 bits per heavy atom. The molecule has 2 rings (SSSR count). The number of benzene rings is 2. The van der Waals surface area contributed by atoms with Gasteiger partial charge in [-0.1, -0.05) is 63.1 Å². The van der Waals surface area contributed by atoms with Crippen LogP contribution in [0.15, 0.2) is 36.4 Å². The quantitative estimate of drug-likeness (QED) is 0.698. The molecule has 0 fully saturated rings. The summed E-state index contributed by atoms with van der Waals surface area (Å²) in [6.07, 6.45) is 0. The third kappa shape index (κ3) is 2.66. The van der Waals surface area contributed by atoms with Crippen LogP contribution in [-0.2, 0) is 4.57 Å². The van der Waals surface area contributed by atoms with Crippen LogP contribution in [0.3, 0.4) is 0 Å². The standard InChI is InChI=1S/C12H6Cl4OP/c13-7-3-1-4-8(14)11(7)18(17)12-9(15)5-2-6-10(12)16/h1-6H/q+1. The molecular formula is C12H6Cl4OP+. The summed E-state index contributed by atoms with van der Waals surface area (Å²) in [5, 5.41) is 2.04. The van der Waals surface area contributed by atoms with Crippen LogP contribution in [-0.4, -0.2) is 0 Å². The number of hydrogen-bond donors (Lipinski definition) is 0. The second-order valence-electron chi connectivity index (χ2n) is 3.43. The lowest BCUT2D eigenvalue weighted by molar-refractivity contribution is 0.598. The lowest BCUT2D eigenvalue weighted by Gasteiger charge is -1.99. The van der Waals surface area contributed by atoms with Crippen LogP contribution in [0.2, 0.25) is 20.1 Å². The van der Waals surface area contributed by atoms with Crippen LogP contribution in [0, 0.1) is 0 Å². The molecule has 92 valence electrons. The zero-order chi connectivity index (χ0) is 13.3. The zero-order valence-corrected chi connectivity index (χ0v) is 12.7. The Kier molecular flexibility index (Phi) is 4.53. The molecule has 6 heteroatoms. The summed E-state index contributed by atoms with van der Waals surface area (Å²) in [7, 11) is -2.03. The van der Waals surface area contributed by atoms with Gasteiger partial charge in [0, 0.05) is 0 Å². The van der Waals surface area contributed by atoms with Gasteiger partial charge in [-0.2, -0.15) is 0 Å². The summed E-state index contributed by atoms with van der Waals surface area (Å²) in [5.74, 6) is 0. The Labute approximate surface area is 125 Å². The fourth-order valence-electron chi connectivity index (χ4n) is 1.48. The van der Waals surface area contributed by atoms with Crippen LogP contribution in [0.1, 0.15) is 0 Å². The van der Waals surface area contributed by atoms with Crippen molar-refractivity contribution in [1.82, 2.24) is 0 Å². The Bertz CT molecular complexity index is 533. The third-order valence-electron chi connectivity index (χ3n) is 2.28. The molecule has 0 aliphatic carbocycles. The first-order chi connectivity index (χ1) is 8.52. The minimum Gasteiger partial charge on any atom is -0.0793 e. The van der Waals surface area contributed by atoms with E-state index in [0.717, 1.165) is 0 Å². The summed E-state index contributed by atoms with van der Waals surface area (Å²) in [5.41, 5.74) is 0. The average Bonchev–Trinajstić information content (AvgIpc) is 2.28. The number of rotatable bonds is 2. The molecule has 0 heterocycles. The van der Waals surface area contributed by atoms with E-state index in [1.165, 1.54) is 0 Å². The van der Waals surface area contributed by atoms with E-state index in [-0.39, 0.29) is 0 Å². The van der Waals surface area contributed by atoms with Crippen LogP contribution < -0.4 is 10.6 Å². The van der Waals surface area contributed by atoms with E-state index in [2.05, 4.69) is 0 Å². The third-order valence-corrected chi connectivity index (χ3v) is 5.84. The van der Waals surface area contributed by atoms with Crippen molar-refractivity contribution in [3.8, 4) is 0 Å². The van der Waals surface area contributed by atoms with Gasteiger partial charge in [-0.05, 0) is 24.3 Å². The Balaban J connectivity index is 2.63. The highest BCUT2D eigenvalue weighted by Gasteiger charge is 2.34. The van der Waals surface area contributed by atoms with Gasteiger partial charge in [0.25, 0.3) is 0 Å². The van der Waals surface area contributed by atoms with Gasteiger partial charge in [0.1, 0.15) is 0 Å². The molecule has 0 saturated heterocycles. The highest BCUT2D eigenvalue weighted by molar-refractivity contribution is 7.62. The molecule has 0 aliphatic rings. The van der Waals surface area contributed by atoms with Gasteiger partial charge in [-0.15, -0.1) is 0 Å². The van der Waals surface area contributed by atoms with Crippen molar-refractivity contribution in [3.63, 3.8) is 0 Å². The molecule has 2 aromatic carbocycles. The lowest BCUT2D eigenvalue weighted by atomic mass is 10.3. The van der Waals surface area contributed by atoms with E-state index in [4.69, 9.17) is 46.4 Å². The van der Waals surface area contributed by atoms with Crippen molar-refractivity contribution in [2.24, 2.45) is 0 Å². The van der Waals surface area contributed by atoms with Gasteiger partial charge in [-0.3, -0.25) is 0 Å². The Morgan fingerprint density at radius 3 is 1.22 bits per heavy atom. The van der Waals surface area contributed by atoms with Crippen molar-refractivity contribution < 1.29 is 4.57 Å². The molecule has 0 amide bonds. The fourth-order valence-corrected chi connectivity index (χ4v) is 4.49. The molecule has 0 aliphatic heterocycles. The van der Waals surface area contributed by atoms with E-state index < -0.39 is 7.80 Å². The molecule has 0 saturated carbocycles. The van der Waals surface area contributed by atoms with Crippen LogP contribution in [0.5, 0.6) is 0 Å². The molecule has 0 radical (unpaired) electrons. The Hall–Kier alpha value is -0.300. The second-order valence-corrected chi connectivity index (χ2v) is 6.55. The smallest absolute Gasteiger partial charge is 0.0793 e. The first-order valence-electron chi connectivity index (χ1n) is 4.87. The van der Waals surface area contributed by atoms with E-state index in [1.54, 1.807) is 36.4 Å². The summed E-state index contributed by atoms with van der Waals surface area (Å²) in [6.45, 7) is 0. The van der Waals surface area contributed by atoms with Crippen molar-refractivity contribution in [2.75, 3.05) is 0 Å².